The summed E-state index contributed by atoms with van der Waals surface area (Å²) in [5.41, 5.74) is 2.92. The van der Waals surface area contributed by atoms with Gasteiger partial charge in [0.05, 0.1) is 18.9 Å². The molecule has 1 fully saturated rings. The Morgan fingerprint density at radius 1 is 1.10 bits per heavy atom. The maximum Gasteiger partial charge on any atom is 0.185 e. The highest BCUT2D eigenvalue weighted by molar-refractivity contribution is 6.30. The monoisotopic (exact) mass is 303 g/mol. The van der Waals surface area contributed by atoms with Crippen LogP contribution in [0.15, 0.2) is 42.6 Å². The lowest BCUT2D eigenvalue weighted by atomic mass is 10.1. The van der Waals surface area contributed by atoms with E-state index in [0.29, 0.717) is 5.92 Å². The molecule has 4 heteroatoms. The average molecular weight is 304 g/mol. The van der Waals surface area contributed by atoms with Gasteiger partial charge in [-0.05, 0) is 24.6 Å². The molecule has 110 valence electrons. The second-order valence-corrected chi connectivity index (χ2v) is 5.69. The van der Waals surface area contributed by atoms with E-state index in [1.54, 1.807) is 0 Å². The lowest BCUT2D eigenvalue weighted by molar-refractivity contribution is -0.205. The van der Waals surface area contributed by atoms with Crippen LogP contribution in [0.1, 0.15) is 25.2 Å². The minimum absolute atomic E-state index is 0.292. The summed E-state index contributed by atoms with van der Waals surface area (Å²) in [5, 5.41) is 0.727. The minimum Gasteiger partial charge on any atom is -0.348 e. The predicted octanol–water partition coefficient (Wildman–Crippen LogP) is 4.47. The van der Waals surface area contributed by atoms with Crippen LogP contribution in [-0.4, -0.2) is 18.2 Å². The molecule has 0 atom stereocenters. The Labute approximate surface area is 129 Å². The molecule has 0 radical (unpaired) electrons. The molecule has 1 saturated heterocycles. The van der Waals surface area contributed by atoms with Crippen molar-refractivity contribution in [3.63, 3.8) is 0 Å². The normalized spacial score (nSPS) is 22.2. The zero-order valence-corrected chi connectivity index (χ0v) is 12.7. The van der Waals surface area contributed by atoms with Crippen molar-refractivity contribution in [2.24, 2.45) is 5.92 Å². The standard InChI is InChI=1S/C17H18ClNO2/c1-2-12-10-20-17(21-11-12)14-5-8-16(19-9-14)13-3-6-15(18)7-4-13/h3-9,12,17H,2,10-11H2,1H3. The smallest absolute Gasteiger partial charge is 0.185 e. The first-order valence-electron chi connectivity index (χ1n) is 7.21. The van der Waals surface area contributed by atoms with Gasteiger partial charge in [-0.1, -0.05) is 36.7 Å². The van der Waals surface area contributed by atoms with Crippen LogP contribution >= 0.6 is 11.6 Å². The van der Waals surface area contributed by atoms with Crippen LogP contribution in [0.25, 0.3) is 11.3 Å². The molecular weight excluding hydrogens is 286 g/mol. The second-order valence-electron chi connectivity index (χ2n) is 5.26. The lowest BCUT2D eigenvalue weighted by Gasteiger charge is -2.28. The van der Waals surface area contributed by atoms with Crippen LogP contribution in [0.4, 0.5) is 0 Å². The van der Waals surface area contributed by atoms with Crippen molar-refractivity contribution in [3.05, 3.63) is 53.2 Å². The highest BCUT2D eigenvalue weighted by atomic mass is 35.5. The molecule has 0 saturated carbocycles. The highest BCUT2D eigenvalue weighted by Gasteiger charge is 2.22. The molecule has 2 heterocycles. The molecule has 3 nitrogen and oxygen atoms in total. The van der Waals surface area contributed by atoms with Crippen molar-refractivity contribution in [2.75, 3.05) is 13.2 Å². The van der Waals surface area contributed by atoms with Gasteiger partial charge in [0.2, 0.25) is 0 Å². The van der Waals surface area contributed by atoms with Gasteiger partial charge in [0.15, 0.2) is 6.29 Å². The fraction of sp³-hybridized carbons (Fsp3) is 0.353. The number of nitrogens with zero attached hydrogens (tertiary/aromatic N) is 1. The fourth-order valence-corrected chi connectivity index (χ4v) is 2.43. The molecule has 1 aromatic carbocycles. The third kappa shape index (κ3) is 3.43. The van der Waals surface area contributed by atoms with Gasteiger partial charge in [0.25, 0.3) is 0 Å². The van der Waals surface area contributed by atoms with Crippen molar-refractivity contribution in [3.8, 4) is 11.3 Å². The first-order valence-corrected chi connectivity index (χ1v) is 7.59. The summed E-state index contributed by atoms with van der Waals surface area (Å²) in [4.78, 5) is 4.49. The van der Waals surface area contributed by atoms with Crippen molar-refractivity contribution in [1.29, 1.82) is 0 Å². The molecule has 3 rings (SSSR count). The molecule has 2 aromatic rings. The van der Waals surface area contributed by atoms with Crippen LogP contribution in [0.3, 0.4) is 0 Å². The van der Waals surface area contributed by atoms with Crippen LogP contribution in [0, 0.1) is 5.92 Å². The molecule has 1 aliphatic heterocycles. The van der Waals surface area contributed by atoms with Crippen LogP contribution in [0.5, 0.6) is 0 Å². The summed E-state index contributed by atoms with van der Waals surface area (Å²) in [6.07, 6.45) is 2.61. The van der Waals surface area contributed by atoms with E-state index in [1.165, 1.54) is 0 Å². The summed E-state index contributed by atoms with van der Waals surface area (Å²) in [6, 6.07) is 11.6. The number of rotatable bonds is 3. The minimum atomic E-state index is -0.292. The van der Waals surface area contributed by atoms with Crippen LogP contribution in [0.2, 0.25) is 5.02 Å². The zero-order chi connectivity index (χ0) is 14.7. The quantitative estimate of drug-likeness (QED) is 0.838. The number of hydrogen-bond donors (Lipinski definition) is 0. The number of halogens is 1. The van der Waals surface area contributed by atoms with E-state index in [9.17, 15) is 0 Å². The molecule has 1 aliphatic rings. The molecule has 0 N–H and O–H groups in total. The summed E-state index contributed by atoms with van der Waals surface area (Å²) >= 11 is 5.90. The Morgan fingerprint density at radius 2 is 1.81 bits per heavy atom. The largest absolute Gasteiger partial charge is 0.348 e. The first-order chi connectivity index (χ1) is 10.3. The maximum atomic E-state index is 5.90. The molecule has 0 bridgehead atoms. The van der Waals surface area contributed by atoms with E-state index in [1.807, 2.05) is 42.6 Å². The summed E-state index contributed by atoms with van der Waals surface area (Å²) in [5.74, 6) is 0.502. The third-order valence-electron chi connectivity index (χ3n) is 3.74. The maximum absolute atomic E-state index is 5.90. The lowest BCUT2D eigenvalue weighted by Crippen LogP contribution is -2.26. The van der Waals surface area contributed by atoms with E-state index in [2.05, 4.69) is 11.9 Å². The summed E-state index contributed by atoms with van der Waals surface area (Å²) in [7, 11) is 0. The Morgan fingerprint density at radius 3 is 2.38 bits per heavy atom. The van der Waals surface area contributed by atoms with Crippen LogP contribution < -0.4 is 0 Å². The van der Waals surface area contributed by atoms with E-state index < -0.39 is 0 Å². The molecule has 0 unspecified atom stereocenters. The number of ether oxygens (including phenoxy) is 2. The van der Waals surface area contributed by atoms with Gasteiger partial charge in [0.1, 0.15) is 0 Å². The topological polar surface area (TPSA) is 31.4 Å². The van der Waals surface area contributed by atoms with Crippen LogP contribution in [-0.2, 0) is 9.47 Å². The summed E-state index contributed by atoms with van der Waals surface area (Å²) in [6.45, 7) is 3.65. The van der Waals surface area contributed by atoms with Gasteiger partial charge < -0.3 is 9.47 Å². The molecule has 1 aromatic heterocycles. The fourth-order valence-electron chi connectivity index (χ4n) is 2.31. The second kappa shape index (κ2) is 6.56. The average Bonchev–Trinajstić information content (AvgIpc) is 2.56. The highest BCUT2D eigenvalue weighted by Crippen LogP contribution is 2.27. The molecular formula is C17H18ClNO2. The SMILES string of the molecule is CCC1COC(c2ccc(-c3ccc(Cl)cc3)nc2)OC1. The Bertz CT molecular complexity index is 575. The predicted molar refractivity (Wildman–Crippen MR) is 83.1 cm³/mol. The number of hydrogen-bond acceptors (Lipinski definition) is 3. The number of pyridine rings is 1. The van der Waals surface area contributed by atoms with Gasteiger partial charge in [-0.2, -0.15) is 0 Å². The van der Waals surface area contributed by atoms with Gasteiger partial charge in [-0.3, -0.25) is 4.98 Å². The van der Waals surface area contributed by atoms with Gasteiger partial charge in [-0.15, -0.1) is 0 Å². The number of aromatic nitrogens is 1. The van der Waals surface area contributed by atoms with Gasteiger partial charge in [-0.25, -0.2) is 0 Å². The van der Waals surface area contributed by atoms with E-state index in [0.717, 1.165) is 41.5 Å². The van der Waals surface area contributed by atoms with Gasteiger partial charge >= 0.3 is 0 Å². The first kappa shape index (κ1) is 14.5. The Balaban J connectivity index is 1.71. The van der Waals surface area contributed by atoms with Crippen molar-refractivity contribution in [1.82, 2.24) is 4.98 Å². The third-order valence-corrected chi connectivity index (χ3v) is 3.99. The van der Waals surface area contributed by atoms with Gasteiger partial charge in [0, 0.05) is 28.3 Å². The van der Waals surface area contributed by atoms with Crippen molar-refractivity contribution in [2.45, 2.75) is 19.6 Å². The Kier molecular flexibility index (Phi) is 4.54. The molecule has 0 spiro atoms. The zero-order valence-electron chi connectivity index (χ0n) is 12.0. The molecule has 21 heavy (non-hydrogen) atoms. The molecule has 0 aliphatic carbocycles. The Hall–Kier alpha value is -1.42. The van der Waals surface area contributed by atoms with Crippen molar-refractivity contribution < 1.29 is 9.47 Å². The van der Waals surface area contributed by atoms with E-state index in [4.69, 9.17) is 21.1 Å². The van der Waals surface area contributed by atoms with E-state index >= 15 is 0 Å². The molecule has 0 amide bonds. The summed E-state index contributed by atoms with van der Waals surface area (Å²) < 4.78 is 11.5. The number of benzene rings is 1. The van der Waals surface area contributed by atoms with E-state index in [-0.39, 0.29) is 6.29 Å². The van der Waals surface area contributed by atoms with Crippen molar-refractivity contribution >= 4 is 11.6 Å².